The van der Waals surface area contributed by atoms with Crippen LogP contribution in [0.15, 0.2) is 36.4 Å². The molecule has 0 N–H and O–H groups in total. The Kier molecular flexibility index (Phi) is 6.28. The molecule has 6 heteroatoms. The van der Waals surface area contributed by atoms with E-state index >= 15 is 4.39 Å². The highest BCUT2D eigenvalue weighted by atomic mass is 19.1. The molecule has 1 aliphatic heterocycles. The van der Waals surface area contributed by atoms with E-state index in [1.807, 2.05) is 12.1 Å². The molecule has 0 spiro atoms. The number of hydrogen-bond donors (Lipinski definition) is 0. The molecule has 0 amide bonds. The molecule has 166 valence electrons. The smallest absolute Gasteiger partial charge is 0.166 e. The number of nitrogens with zero attached hydrogens (tertiary/aromatic N) is 1. The molecule has 1 unspecified atom stereocenters. The lowest BCUT2D eigenvalue weighted by Crippen LogP contribution is -2.43. The number of likely N-dealkylation sites (tertiary alicyclic amines) is 1. The number of carbonyl (C=O) groups is 1. The fourth-order valence-corrected chi connectivity index (χ4v) is 4.87. The molecule has 1 aliphatic carbocycles. The third-order valence-corrected chi connectivity index (χ3v) is 6.73. The monoisotopic (exact) mass is 429 g/mol. The molecule has 0 saturated carbocycles. The van der Waals surface area contributed by atoms with Crippen molar-refractivity contribution in [1.29, 1.82) is 0 Å². The molecule has 0 bridgehead atoms. The number of rotatable bonds is 7. The van der Waals surface area contributed by atoms with Gasteiger partial charge in [0.05, 0.1) is 14.2 Å². The number of methoxy groups -OCH3 is 2. The lowest BCUT2D eigenvalue weighted by molar-refractivity contribution is 0.0364. The van der Waals surface area contributed by atoms with E-state index in [1.54, 1.807) is 25.3 Å². The van der Waals surface area contributed by atoms with Gasteiger partial charge >= 0.3 is 0 Å². The molecule has 31 heavy (non-hydrogen) atoms. The van der Waals surface area contributed by atoms with Crippen molar-refractivity contribution in [3.63, 3.8) is 0 Å². The molecule has 4 nitrogen and oxygen atoms in total. The molecule has 2 aliphatic rings. The molecular formula is C25H29F2NO3. The van der Waals surface area contributed by atoms with Gasteiger partial charge in [0.25, 0.3) is 0 Å². The Hall–Kier alpha value is -2.47. The van der Waals surface area contributed by atoms with Gasteiger partial charge in [-0.15, -0.1) is 0 Å². The Labute approximate surface area is 182 Å². The van der Waals surface area contributed by atoms with E-state index in [2.05, 4.69) is 4.90 Å². The number of ketones is 1. The maximum atomic E-state index is 15.6. The van der Waals surface area contributed by atoms with Crippen LogP contribution in [0.5, 0.6) is 11.5 Å². The van der Waals surface area contributed by atoms with Gasteiger partial charge in [-0.3, -0.25) is 4.79 Å². The second kappa shape index (κ2) is 8.95. The summed E-state index contributed by atoms with van der Waals surface area (Å²) >= 11 is 0. The second-order valence-corrected chi connectivity index (χ2v) is 8.67. The van der Waals surface area contributed by atoms with Crippen molar-refractivity contribution in [1.82, 2.24) is 4.90 Å². The van der Waals surface area contributed by atoms with Gasteiger partial charge in [-0.05, 0) is 61.4 Å². The maximum Gasteiger partial charge on any atom is 0.166 e. The number of ether oxygens (including phenoxy) is 2. The highest BCUT2D eigenvalue weighted by Crippen LogP contribution is 2.41. The predicted octanol–water partition coefficient (Wildman–Crippen LogP) is 4.63. The van der Waals surface area contributed by atoms with E-state index in [0.717, 1.165) is 5.56 Å². The standard InChI is InChI=1S/C25H29F2NO3/c1-30-22-14-18-13-19(24(29)20(18)15-23(22)31-2)16-25(27)8-11-28(12-9-25)10-7-17-5-3-4-6-21(17)26/h3-6,14-15,19H,7-13,16H2,1-2H3. The Bertz CT molecular complexity index is 954. The number of fused-ring (bicyclic) bond motifs is 1. The minimum Gasteiger partial charge on any atom is -0.493 e. The third-order valence-electron chi connectivity index (χ3n) is 6.73. The molecule has 1 heterocycles. The van der Waals surface area contributed by atoms with Gasteiger partial charge in [0.2, 0.25) is 0 Å². The Morgan fingerprint density at radius 3 is 2.45 bits per heavy atom. The molecule has 1 fully saturated rings. The zero-order valence-corrected chi connectivity index (χ0v) is 18.1. The topological polar surface area (TPSA) is 38.8 Å². The van der Waals surface area contributed by atoms with E-state index in [1.165, 1.54) is 13.2 Å². The van der Waals surface area contributed by atoms with Crippen LogP contribution in [0.25, 0.3) is 0 Å². The summed E-state index contributed by atoms with van der Waals surface area (Å²) in [7, 11) is 3.10. The van der Waals surface area contributed by atoms with Crippen molar-refractivity contribution in [3.8, 4) is 11.5 Å². The number of benzene rings is 2. The van der Waals surface area contributed by atoms with Crippen LogP contribution < -0.4 is 9.47 Å². The number of Topliss-reactive ketones (excluding diaryl/α,β-unsaturated/α-hetero) is 1. The Morgan fingerprint density at radius 2 is 1.77 bits per heavy atom. The van der Waals surface area contributed by atoms with Crippen LogP contribution in [0.3, 0.4) is 0 Å². The van der Waals surface area contributed by atoms with Crippen LogP contribution in [0, 0.1) is 11.7 Å². The summed E-state index contributed by atoms with van der Waals surface area (Å²) in [6, 6.07) is 10.3. The average Bonchev–Trinajstić information content (AvgIpc) is 3.07. The molecule has 4 rings (SSSR count). The first-order valence-corrected chi connectivity index (χ1v) is 10.9. The van der Waals surface area contributed by atoms with E-state index in [0.29, 0.717) is 67.9 Å². The van der Waals surface area contributed by atoms with Crippen LogP contribution in [0.4, 0.5) is 8.78 Å². The van der Waals surface area contributed by atoms with Crippen molar-refractivity contribution >= 4 is 5.78 Å². The largest absolute Gasteiger partial charge is 0.493 e. The first-order valence-electron chi connectivity index (χ1n) is 10.9. The second-order valence-electron chi connectivity index (χ2n) is 8.67. The number of alkyl halides is 1. The fourth-order valence-electron chi connectivity index (χ4n) is 4.87. The van der Waals surface area contributed by atoms with Gasteiger partial charge in [-0.25, -0.2) is 8.78 Å². The van der Waals surface area contributed by atoms with Gasteiger partial charge in [-0.2, -0.15) is 0 Å². The minimum atomic E-state index is -1.34. The zero-order chi connectivity index (χ0) is 22.0. The molecule has 1 saturated heterocycles. The SMILES string of the molecule is COc1cc2c(cc1OC)C(=O)C(CC1(F)CCN(CCc3ccccc3F)CC1)C2. The number of carbonyl (C=O) groups excluding carboxylic acids is 1. The molecule has 2 aromatic carbocycles. The normalized spacial score (nSPS) is 20.5. The lowest BCUT2D eigenvalue weighted by atomic mass is 9.82. The lowest BCUT2D eigenvalue weighted by Gasteiger charge is -2.37. The third kappa shape index (κ3) is 4.59. The Morgan fingerprint density at radius 1 is 1.10 bits per heavy atom. The van der Waals surface area contributed by atoms with Gasteiger partial charge in [-0.1, -0.05) is 18.2 Å². The summed E-state index contributed by atoms with van der Waals surface area (Å²) < 4.78 is 40.1. The van der Waals surface area contributed by atoms with Crippen LogP contribution in [0.1, 0.15) is 40.7 Å². The predicted molar refractivity (Wildman–Crippen MR) is 115 cm³/mol. The van der Waals surface area contributed by atoms with Gasteiger partial charge in [0.1, 0.15) is 11.5 Å². The first kappa shape index (κ1) is 21.8. The average molecular weight is 430 g/mol. The summed E-state index contributed by atoms with van der Waals surface area (Å²) in [5.74, 6) is 0.574. The van der Waals surface area contributed by atoms with Crippen molar-refractivity contribution in [2.75, 3.05) is 33.9 Å². The molecule has 2 aromatic rings. The quantitative estimate of drug-likeness (QED) is 0.643. The van der Waals surface area contributed by atoms with Gasteiger partial charge in [0, 0.05) is 31.1 Å². The Balaban J connectivity index is 1.34. The number of piperidine rings is 1. The minimum absolute atomic E-state index is 0.00467. The van der Waals surface area contributed by atoms with Crippen LogP contribution in [-0.4, -0.2) is 50.2 Å². The number of hydrogen-bond acceptors (Lipinski definition) is 4. The summed E-state index contributed by atoms with van der Waals surface area (Å²) in [6.07, 6.45) is 2.20. The van der Waals surface area contributed by atoms with E-state index in [4.69, 9.17) is 9.47 Å². The summed E-state index contributed by atoms with van der Waals surface area (Å²) in [4.78, 5) is 15.1. The van der Waals surface area contributed by atoms with E-state index in [-0.39, 0.29) is 23.9 Å². The van der Waals surface area contributed by atoms with Crippen molar-refractivity contribution in [3.05, 3.63) is 58.9 Å². The maximum absolute atomic E-state index is 15.6. The van der Waals surface area contributed by atoms with Gasteiger partial charge < -0.3 is 14.4 Å². The summed E-state index contributed by atoms with van der Waals surface area (Å²) in [6.45, 7) is 1.96. The zero-order valence-electron chi connectivity index (χ0n) is 18.1. The highest BCUT2D eigenvalue weighted by Gasteiger charge is 2.41. The molecule has 0 radical (unpaired) electrons. The molecular weight excluding hydrogens is 400 g/mol. The van der Waals surface area contributed by atoms with Gasteiger partial charge in [0.15, 0.2) is 17.3 Å². The highest BCUT2D eigenvalue weighted by molar-refractivity contribution is 6.03. The van der Waals surface area contributed by atoms with Crippen LogP contribution in [-0.2, 0) is 12.8 Å². The van der Waals surface area contributed by atoms with Crippen LogP contribution >= 0.6 is 0 Å². The fraction of sp³-hybridized carbons (Fsp3) is 0.480. The molecule has 1 atom stereocenters. The van der Waals surface area contributed by atoms with Crippen molar-refractivity contribution in [2.45, 2.75) is 37.8 Å². The van der Waals surface area contributed by atoms with E-state index in [9.17, 15) is 9.18 Å². The van der Waals surface area contributed by atoms with Crippen LogP contribution in [0.2, 0.25) is 0 Å². The summed E-state index contributed by atoms with van der Waals surface area (Å²) in [5, 5.41) is 0. The summed E-state index contributed by atoms with van der Waals surface area (Å²) in [5.41, 5.74) is 0.873. The van der Waals surface area contributed by atoms with Crippen molar-refractivity contribution in [2.24, 2.45) is 5.92 Å². The van der Waals surface area contributed by atoms with E-state index < -0.39 is 5.67 Å². The number of halogens is 2. The molecule has 0 aromatic heterocycles. The van der Waals surface area contributed by atoms with Crippen molar-refractivity contribution < 1.29 is 23.0 Å². The first-order chi connectivity index (χ1) is 14.9.